The molecule has 0 aliphatic carbocycles. The Morgan fingerprint density at radius 1 is 1.05 bits per heavy atom. The third-order valence-corrected chi connectivity index (χ3v) is 3.62. The second-order valence-electron chi connectivity index (χ2n) is 5.17. The van der Waals surface area contributed by atoms with Crippen molar-refractivity contribution in [1.82, 2.24) is 5.32 Å². The lowest BCUT2D eigenvalue weighted by Gasteiger charge is -2.05. The van der Waals surface area contributed by atoms with Gasteiger partial charge in [0.25, 0.3) is 10.1 Å². The van der Waals surface area contributed by atoms with Crippen LogP contribution in [0.5, 0.6) is 0 Å². The number of unbranched alkanes of at least 4 members (excludes halogenated alkanes) is 7. The normalized spacial score (nSPS) is 11.5. The number of rotatable bonds is 14. The molecule has 0 fully saturated rings. The summed E-state index contributed by atoms with van der Waals surface area (Å²) in [5.41, 5.74) is 0. The third kappa shape index (κ3) is 17.3. The Morgan fingerprint density at radius 2 is 1.62 bits per heavy atom. The van der Waals surface area contributed by atoms with Crippen molar-refractivity contribution in [3.8, 4) is 0 Å². The van der Waals surface area contributed by atoms with Gasteiger partial charge in [-0.1, -0.05) is 51.9 Å². The number of esters is 1. The Kier molecular flexibility index (Phi) is 12.6. The molecule has 0 radical (unpaired) electrons. The predicted molar refractivity (Wildman–Crippen MR) is 82.6 cm³/mol. The molecule has 0 unspecified atom stereocenters. The maximum atomic E-state index is 11.3. The largest absolute Gasteiger partial charge is 0.466 e. The topological polar surface area (TPSA) is 92.7 Å². The average Bonchev–Trinajstić information content (AvgIpc) is 2.41. The fourth-order valence-corrected chi connectivity index (χ4v) is 2.29. The highest BCUT2D eigenvalue weighted by molar-refractivity contribution is 7.85. The first-order valence-electron chi connectivity index (χ1n) is 7.77. The fourth-order valence-electron chi connectivity index (χ4n) is 1.89. The van der Waals surface area contributed by atoms with E-state index in [1.807, 2.05) is 0 Å². The Hall–Kier alpha value is -0.660. The van der Waals surface area contributed by atoms with Gasteiger partial charge in [-0.15, -0.1) is 0 Å². The monoisotopic (exact) mass is 323 g/mol. The quantitative estimate of drug-likeness (QED) is 0.290. The van der Waals surface area contributed by atoms with E-state index in [9.17, 15) is 13.2 Å². The van der Waals surface area contributed by atoms with Crippen molar-refractivity contribution in [2.45, 2.75) is 64.7 Å². The van der Waals surface area contributed by atoms with Crippen LogP contribution in [0.2, 0.25) is 0 Å². The fraction of sp³-hybridized carbons (Fsp3) is 0.929. The summed E-state index contributed by atoms with van der Waals surface area (Å²) in [5.74, 6) is -0.890. The van der Waals surface area contributed by atoms with Gasteiger partial charge in [0.05, 0.1) is 13.0 Å². The third-order valence-electron chi connectivity index (χ3n) is 3.05. The van der Waals surface area contributed by atoms with Crippen LogP contribution in [0.3, 0.4) is 0 Å². The zero-order chi connectivity index (χ0) is 16.0. The highest BCUT2D eigenvalue weighted by Crippen LogP contribution is 2.08. The van der Waals surface area contributed by atoms with Crippen molar-refractivity contribution in [1.29, 1.82) is 0 Å². The van der Waals surface area contributed by atoms with Crippen molar-refractivity contribution < 1.29 is 22.5 Å². The van der Waals surface area contributed by atoms with Crippen molar-refractivity contribution in [3.05, 3.63) is 0 Å². The van der Waals surface area contributed by atoms with Gasteiger partial charge in [0.15, 0.2) is 0 Å². The minimum Gasteiger partial charge on any atom is -0.466 e. The van der Waals surface area contributed by atoms with E-state index in [-0.39, 0.29) is 18.9 Å². The number of hydrogen-bond acceptors (Lipinski definition) is 5. The maximum Gasteiger partial charge on any atom is 0.307 e. The molecule has 6 nitrogen and oxygen atoms in total. The van der Waals surface area contributed by atoms with E-state index in [0.29, 0.717) is 6.61 Å². The molecule has 0 aliphatic heterocycles. The second kappa shape index (κ2) is 13.0. The van der Waals surface area contributed by atoms with Crippen molar-refractivity contribution in [2.75, 3.05) is 19.0 Å². The van der Waals surface area contributed by atoms with E-state index < -0.39 is 16.0 Å². The van der Waals surface area contributed by atoms with E-state index >= 15 is 0 Å². The molecule has 21 heavy (non-hydrogen) atoms. The van der Waals surface area contributed by atoms with Crippen molar-refractivity contribution >= 4 is 16.1 Å². The number of ether oxygens (including phenoxy) is 1. The molecule has 0 atom stereocenters. The predicted octanol–water partition coefficient (Wildman–Crippen LogP) is 2.50. The van der Waals surface area contributed by atoms with Gasteiger partial charge in [0.1, 0.15) is 5.88 Å². The number of nitrogens with one attached hydrogen (secondary N) is 1. The van der Waals surface area contributed by atoms with Crippen molar-refractivity contribution in [2.24, 2.45) is 0 Å². The average molecular weight is 323 g/mol. The lowest BCUT2D eigenvalue weighted by atomic mass is 10.1. The maximum absolute atomic E-state index is 11.3. The van der Waals surface area contributed by atoms with Crippen LogP contribution in [0.1, 0.15) is 64.7 Å². The standard InChI is InChI=1S/C14H29NO5S/c1-2-3-4-5-6-7-8-9-12-20-14(16)10-11-15-13-21(17,18)19/h15H,2-13H2,1H3,(H,17,18,19). The molecule has 0 spiro atoms. The van der Waals surface area contributed by atoms with Gasteiger partial charge in [0.2, 0.25) is 0 Å². The highest BCUT2D eigenvalue weighted by atomic mass is 32.2. The van der Waals surface area contributed by atoms with Gasteiger partial charge in [-0.25, -0.2) is 0 Å². The van der Waals surface area contributed by atoms with E-state index in [2.05, 4.69) is 12.2 Å². The SMILES string of the molecule is CCCCCCCCCCOC(=O)CCNCS(=O)(=O)O. The minimum atomic E-state index is -4.02. The zero-order valence-electron chi connectivity index (χ0n) is 13.0. The molecular weight excluding hydrogens is 294 g/mol. The summed E-state index contributed by atoms with van der Waals surface area (Å²) in [6, 6.07) is 0. The Bertz CT molecular complexity index is 356. The molecule has 0 aliphatic rings. The second-order valence-corrected chi connectivity index (χ2v) is 6.62. The molecule has 2 N–H and O–H groups in total. The van der Waals surface area contributed by atoms with E-state index in [1.54, 1.807) is 0 Å². The molecular formula is C14H29NO5S. The van der Waals surface area contributed by atoms with Gasteiger partial charge in [-0.3, -0.25) is 9.35 Å². The van der Waals surface area contributed by atoms with Gasteiger partial charge in [0, 0.05) is 6.54 Å². The van der Waals surface area contributed by atoms with E-state index in [1.165, 1.54) is 38.5 Å². The molecule has 126 valence electrons. The summed E-state index contributed by atoms with van der Waals surface area (Å²) < 4.78 is 34.3. The molecule has 0 saturated carbocycles. The first kappa shape index (κ1) is 20.3. The van der Waals surface area contributed by atoms with Crippen molar-refractivity contribution in [3.63, 3.8) is 0 Å². The van der Waals surface area contributed by atoms with Crippen LogP contribution in [-0.2, 0) is 19.6 Å². The van der Waals surface area contributed by atoms with Gasteiger partial charge in [-0.2, -0.15) is 8.42 Å². The van der Waals surface area contributed by atoms with Crippen LogP contribution in [0.4, 0.5) is 0 Å². The zero-order valence-corrected chi connectivity index (χ0v) is 13.8. The molecule has 0 rings (SSSR count). The smallest absolute Gasteiger partial charge is 0.307 e. The van der Waals surface area contributed by atoms with Gasteiger partial charge < -0.3 is 10.1 Å². The van der Waals surface area contributed by atoms with Gasteiger partial charge >= 0.3 is 5.97 Å². The Balaban J connectivity index is 3.27. The van der Waals surface area contributed by atoms with E-state index in [4.69, 9.17) is 9.29 Å². The van der Waals surface area contributed by atoms with Crippen LogP contribution >= 0.6 is 0 Å². The minimum absolute atomic E-state index is 0.104. The lowest BCUT2D eigenvalue weighted by molar-refractivity contribution is -0.143. The molecule has 0 aromatic rings. The molecule has 0 aromatic carbocycles. The Labute approximate surface area is 128 Å². The number of hydrogen-bond donors (Lipinski definition) is 2. The summed E-state index contributed by atoms with van der Waals surface area (Å²) in [6.07, 6.45) is 9.63. The molecule has 7 heteroatoms. The van der Waals surface area contributed by atoms with E-state index in [0.717, 1.165) is 12.8 Å². The van der Waals surface area contributed by atoms with Crippen LogP contribution in [0.25, 0.3) is 0 Å². The summed E-state index contributed by atoms with van der Waals surface area (Å²) in [6.45, 7) is 2.80. The summed E-state index contributed by atoms with van der Waals surface area (Å²) >= 11 is 0. The Morgan fingerprint density at radius 3 is 2.19 bits per heavy atom. The van der Waals surface area contributed by atoms with Crippen LogP contribution in [0, 0.1) is 0 Å². The lowest BCUT2D eigenvalue weighted by Crippen LogP contribution is -2.25. The van der Waals surface area contributed by atoms with Crippen LogP contribution in [0.15, 0.2) is 0 Å². The highest BCUT2D eigenvalue weighted by Gasteiger charge is 2.05. The summed E-state index contributed by atoms with van der Waals surface area (Å²) in [4.78, 5) is 11.3. The van der Waals surface area contributed by atoms with Gasteiger partial charge in [-0.05, 0) is 6.42 Å². The summed E-state index contributed by atoms with van der Waals surface area (Å²) in [5, 5.41) is 2.45. The first-order chi connectivity index (χ1) is 9.95. The molecule has 0 amide bonds. The van der Waals surface area contributed by atoms with Crippen LogP contribution < -0.4 is 5.32 Å². The number of carbonyl (C=O) groups is 1. The summed E-state index contributed by atoms with van der Waals surface area (Å²) in [7, 11) is -4.02. The number of carbonyl (C=O) groups excluding carboxylic acids is 1. The first-order valence-corrected chi connectivity index (χ1v) is 9.38. The molecule has 0 saturated heterocycles. The molecule has 0 heterocycles. The van der Waals surface area contributed by atoms with Crippen LogP contribution in [-0.4, -0.2) is 38.0 Å². The molecule has 0 aromatic heterocycles. The molecule has 0 bridgehead atoms.